The van der Waals surface area contributed by atoms with Crippen molar-refractivity contribution in [3.63, 3.8) is 0 Å². The third kappa shape index (κ3) is 9.71. The van der Waals surface area contributed by atoms with Gasteiger partial charge in [-0.1, -0.05) is 19.3 Å². The van der Waals surface area contributed by atoms with Gasteiger partial charge in [0, 0.05) is 45.9 Å². The van der Waals surface area contributed by atoms with Gasteiger partial charge in [0.05, 0.1) is 12.7 Å². The highest BCUT2D eigenvalue weighted by Gasteiger charge is 2.17. The van der Waals surface area contributed by atoms with E-state index in [0.717, 1.165) is 64.3 Å². The van der Waals surface area contributed by atoms with E-state index < -0.39 is 0 Å². The second-order valence-electron chi connectivity index (χ2n) is 7.26. The van der Waals surface area contributed by atoms with Crippen LogP contribution in [-0.2, 0) is 9.47 Å². The van der Waals surface area contributed by atoms with E-state index in [9.17, 15) is 0 Å². The van der Waals surface area contributed by atoms with Crippen LogP contribution in [0.5, 0.6) is 0 Å². The van der Waals surface area contributed by atoms with Gasteiger partial charge in [-0.05, 0) is 39.2 Å². The third-order valence-electron chi connectivity index (χ3n) is 5.26. The van der Waals surface area contributed by atoms with Gasteiger partial charge in [-0.2, -0.15) is 0 Å². The predicted molar refractivity (Wildman–Crippen MR) is 119 cm³/mol. The first-order valence-electron chi connectivity index (χ1n) is 10.1. The zero-order valence-corrected chi connectivity index (χ0v) is 19.0. The zero-order chi connectivity index (χ0) is 17.7. The Balaban J connectivity index is 0.00000338. The highest BCUT2D eigenvalue weighted by atomic mass is 127. The highest BCUT2D eigenvalue weighted by Crippen LogP contribution is 2.21. The minimum absolute atomic E-state index is 0. The molecule has 1 saturated carbocycles. The lowest BCUT2D eigenvalue weighted by atomic mass is 9.94. The summed E-state index contributed by atoms with van der Waals surface area (Å²) in [5.41, 5.74) is 0. The molecule has 154 valence electrons. The van der Waals surface area contributed by atoms with E-state index in [1.807, 2.05) is 7.05 Å². The Morgan fingerprint density at radius 3 is 2.58 bits per heavy atom. The number of ether oxygens (including phenoxy) is 2. The number of rotatable bonds is 10. The van der Waals surface area contributed by atoms with E-state index in [0.29, 0.717) is 6.10 Å². The zero-order valence-electron chi connectivity index (χ0n) is 16.7. The largest absolute Gasteiger partial charge is 0.379 e. The second-order valence-corrected chi connectivity index (χ2v) is 7.26. The van der Waals surface area contributed by atoms with Gasteiger partial charge in [0.15, 0.2) is 5.96 Å². The van der Waals surface area contributed by atoms with E-state index in [1.54, 1.807) is 0 Å². The number of nitrogens with zero attached hydrogens (tertiary/aromatic N) is 2. The maximum Gasteiger partial charge on any atom is 0.191 e. The number of nitrogens with one attached hydrogen (secondary N) is 2. The van der Waals surface area contributed by atoms with Crippen LogP contribution in [0.1, 0.15) is 51.4 Å². The Morgan fingerprint density at radius 1 is 1.12 bits per heavy atom. The van der Waals surface area contributed by atoms with Gasteiger partial charge in [-0.25, -0.2) is 0 Å². The lowest BCUT2D eigenvalue weighted by molar-refractivity contribution is 0.0168. The van der Waals surface area contributed by atoms with Crippen LogP contribution in [0.15, 0.2) is 4.99 Å². The second kappa shape index (κ2) is 14.9. The Bertz CT molecular complexity index is 373. The summed E-state index contributed by atoms with van der Waals surface area (Å²) in [4.78, 5) is 6.79. The minimum Gasteiger partial charge on any atom is -0.379 e. The van der Waals surface area contributed by atoms with Gasteiger partial charge in [-0.15, -0.1) is 24.0 Å². The summed E-state index contributed by atoms with van der Waals surface area (Å²) in [5, 5.41) is 6.77. The summed E-state index contributed by atoms with van der Waals surface area (Å²) < 4.78 is 11.2. The SMILES string of the molecule is CN=C(NCCCOCC1CCCO1)NCCN(C)C1CCCCC1.I. The van der Waals surface area contributed by atoms with Crippen molar-refractivity contribution in [1.82, 2.24) is 15.5 Å². The number of likely N-dealkylation sites (N-methyl/N-ethyl adjacent to an activating group) is 1. The van der Waals surface area contributed by atoms with Crippen LogP contribution < -0.4 is 10.6 Å². The maximum atomic E-state index is 5.68. The average Bonchev–Trinajstić information content (AvgIpc) is 3.17. The molecule has 1 heterocycles. The summed E-state index contributed by atoms with van der Waals surface area (Å²) in [6, 6.07) is 0.770. The molecule has 2 fully saturated rings. The fourth-order valence-corrected chi connectivity index (χ4v) is 3.65. The number of hydrogen-bond donors (Lipinski definition) is 2. The van der Waals surface area contributed by atoms with Crippen LogP contribution in [0.25, 0.3) is 0 Å². The monoisotopic (exact) mass is 482 g/mol. The van der Waals surface area contributed by atoms with Crippen LogP contribution in [0.3, 0.4) is 0 Å². The lowest BCUT2D eigenvalue weighted by Crippen LogP contribution is -2.43. The molecule has 1 atom stereocenters. The first-order chi connectivity index (χ1) is 12.3. The summed E-state index contributed by atoms with van der Waals surface area (Å²) >= 11 is 0. The highest BCUT2D eigenvalue weighted by molar-refractivity contribution is 14.0. The maximum absolute atomic E-state index is 5.68. The van der Waals surface area contributed by atoms with Crippen molar-refractivity contribution in [3.8, 4) is 0 Å². The van der Waals surface area contributed by atoms with Crippen molar-refractivity contribution in [3.05, 3.63) is 0 Å². The molecule has 0 aromatic rings. The topological polar surface area (TPSA) is 58.1 Å². The number of aliphatic imine (C=N–C) groups is 1. The van der Waals surface area contributed by atoms with E-state index in [1.165, 1.54) is 38.5 Å². The van der Waals surface area contributed by atoms with Crippen LogP contribution in [-0.4, -0.2) is 76.6 Å². The first kappa shape index (κ1) is 23.9. The minimum atomic E-state index is 0. The molecule has 0 aromatic heterocycles. The summed E-state index contributed by atoms with van der Waals surface area (Å²) in [6.45, 7) is 5.28. The van der Waals surface area contributed by atoms with Crippen molar-refractivity contribution in [2.45, 2.75) is 63.5 Å². The summed E-state index contributed by atoms with van der Waals surface area (Å²) in [7, 11) is 4.08. The van der Waals surface area contributed by atoms with Crippen molar-refractivity contribution in [2.24, 2.45) is 4.99 Å². The molecule has 2 rings (SSSR count). The molecule has 2 aliphatic rings. The van der Waals surface area contributed by atoms with Crippen LogP contribution in [0.2, 0.25) is 0 Å². The molecule has 1 saturated heterocycles. The lowest BCUT2D eigenvalue weighted by Gasteiger charge is -2.31. The molecule has 2 N–H and O–H groups in total. The van der Waals surface area contributed by atoms with E-state index in [2.05, 4.69) is 27.6 Å². The van der Waals surface area contributed by atoms with Gasteiger partial charge in [0.2, 0.25) is 0 Å². The number of halogens is 1. The fraction of sp³-hybridized carbons (Fsp3) is 0.947. The van der Waals surface area contributed by atoms with Crippen LogP contribution in [0.4, 0.5) is 0 Å². The molecular formula is C19H39IN4O2. The quantitative estimate of drug-likeness (QED) is 0.217. The molecule has 0 aromatic carbocycles. The van der Waals surface area contributed by atoms with Gasteiger partial charge < -0.3 is 25.0 Å². The molecule has 26 heavy (non-hydrogen) atoms. The van der Waals surface area contributed by atoms with Crippen molar-refractivity contribution < 1.29 is 9.47 Å². The summed E-state index contributed by atoms with van der Waals surface area (Å²) in [6.07, 6.45) is 10.5. The summed E-state index contributed by atoms with van der Waals surface area (Å²) in [5.74, 6) is 0.885. The predicted octanol–water partition coefficient (Wildman–Crippen LogP) is 2.62. The standard InChI is InChI=1S/C19H38N4O2.HI/c1-20-19(21-11-7-14-24-16-18-10-6-15-25-18)22-12-13-23(2)17-8-4-3-5-9-17;/h17-18H,3-16H2,1-2H3,(H2,20,21,22);1H. The molecule has 6 nitrogen and oxygen atoms in total. The normalized spacial score (nSPS) is 21.7. The van der Waals surface area contributed by atoms with E-state index in [-0.39, 0.29) is 24.0 Å². The molecule has 7 heteroatoms. The molecule has 0 spiro atoms. The van der Waals surface area contributed by atoms with E-state index >= 15 is 0 Å². The molecule has 1 unspecified atom stereocenters. The number of guanidine groups is 1. The molecule has 0 bridgehead atoms. The van der Waals surface area contributed by atoms with Gasteiger partial charge in [0.25, 0.3) is 0 Å². The Morgan fingerprint density at radius 2 is 1.88 bits per heavy atom. The van der Waals surface area contributed by atoms with E-state index in [4.69, 9.17) is 9.47 Å². The van der Waals surface area contributed by atoms with Crippen LogP contribution in [0, 0.1) is 0 Å². The van der Waals surface area contributed by atoms with Crippen LogP contribution >= 0.6 is 24.0 Å². The fourth-order valence-electron chi connectivity index (χ4n) is 3.65. The molecular weight excluding hydrogens is 443 g/mol. The van der Waals surface area contributed by atoms with Crippen molar-refractivity contribution in [1.29, 1.82) is 0 Å². The van der Waals surface area contributed by atoms with Gasteiger partial charge in [-0.3, -0.25) is 4.99 Å². The average molecular weight is 482 g/mol. The van der Waals surface area contributed by atoms with Gasteiger partial charge >= 0.3 is 0 Å². The first-order valence-corrected chi connectivity index (χ1v) is 10.1. The number of hydrogen-bond acceptors (Lipinski definition) is 4. The van der Waals surface area contributed by atoms with Crippen molar-refractivity contribution in [2.75, 3.05) is 53.6 Å². The Kier molecular flexibility index (Phi) is 13.7. The van der Waals surface area contributed by atoms with Crippen molar-refractivity contribution >= 4 is 29.9 Å². The Labute approximate surface area is 176 Å². The third-order valence-corrected chi connectivity index (χ3v) is 5.26. The van der Waals surface area contributed by atoms with Gasteiger partial charge in [0.1, 0.15) is 0 Å². The smallest absolute Gasteiger partial charge is 0.191 e. The molecule has 1 aliphatic heterocycles. The molecule has 0 amide bonds. The Hall–Kier alpha value is -0.120. The molecule has 0 radical (unpaired) electrons. The molecule has 1 aliphatic carbocycles.